The van der Waals surface area contributed by atoms with Crippen molar-refractivity contribution in [3.05, 3.63) is 41.5 Å². The third-order valence-electron chi connectivity index (χ3n) is 7.09. The highest BCUT2D eigenvalue weighted by atomic mass is 16.5. The van der Waals surface area contributed by atoms with E-state index in [1.165, 1.54) is 19.3 Å². The Hall–Kier alpha value is -2.38. The molecule has 2 atom stereocenters. The number of nitrogens with zero attached hydrogens (tertiary/aromatic N) is 2. The number of carbonyl (C=O) groups is 1. The van der Waals surface area contributed by atoms with Crippen molar-refractivity contribution < 1.29 is 9.53 Å². The number of likely N-dealkylation sites (tertiary alicyclic amines) is 1. The highest BCUT2D eigenvalue weighted by Crippen LogP contribution is 2.35. The van der Waals surface area contributed by atoms with Crippen molar-refractivity contribution in [2.24, 2.45) is 11.8 Å². The monoisotopic (exact) mass is 390 g/mol. The van der Waals surface area contributed by atoms with E-state index in [2.05, 4.69) is 17.9 Å². The number of rotatable bonds is 6. The lowest BCUT2D eigenvalue weighted by Gasteiger charge is -2.44. The number of nitriles is 1. The molecular weight excluding hydrogens is 360 g/mol. The van der Waals surface area contributed by atoms with Crippen LogP contribution in [0.3, 0.4) is 0 Å². The van der Waals surface area contributed by atoms with Crippen LogP contribution in [0.15, 0.2) is 30.3 Å². The maximum atomic E-state index is 13.5. The van der Waals surface area contributed by atoms with Gasteiger partial charge in [0.15, 0.2) is 5.78 Å². The minimum atomic E-state index is 0.0867. The lowest BCUT2D eigenvalue weighted by atomic mass is 9.77. The lowest BCUT2D eigenvalue weighted by molar-refractivity contribution is 0.0401. The van der Waals surface area contributed by atoms with E-state index < -0.39 is 0 Å². The summed E-state index contributed by atoms with van der Waals surface area (Å²) in [4.78, 5) is 16.1. The van der Waals surface area contributed by atoms with Crippen molar-refractivity contribution in [1.29, 1.82) is 5.26 Å². The van der Waals surface area contributed by atoms with Crippen molar-refractivity contribution in [1.82, 2.24) is 4.90 Å². The number of benzene rings is 2. The summed E-state index contributed by atoms with van der Waals surface area (Å²) in [6.07, 6.45) is 6.39. The first-order chi connectivity index (χ1) is 14.2. The standard InChI is InChI=1S/C25H30N2O2/c1-3-17-12-14-27(20-5-4-6-20)16-23(17)25(28)19-7-9-21-18(15-19)8-10-24(29-2)22(21)11-13-26/h7-10,15,17,20,23H,3-6,11-12,14,16H2,1-2H3/t17?,23-/m0/s1. The van der Waals surface area contributed by atoms with Gasteiger partial charge in [0, 0.05) is 29.6 Å². The molecule has 0 aromatic heterocycles. The summed E-state index contributed by atoms with van der Waals surface area (Å²) in [6, 6.07) is 12.8. The molecule has 4 heteroatoms. The van der Waals surface area contributed by atoms with Crippen molar-refractivity contribution in [3.63, 3.8) is 0 Å². The predicted molar refractivity (Wildman–Crippen MR) is 115 cm³/mol. The Bertz CT molecular complexity index is 942. The van der Waals surface area contributed by atoms with E-state index in [0.29, 0.717) is 18.4 Å². The summed E-state index contributed by atoms with van der Waals surface area (Å²) in [6.45, 7) is 4.26. The summed E-state index contributed by atoms with van der Waals surface area (Å²) in [5.74, 6) is 1.57. The van der Waals surface area contributed by atoms with E-state index in [1.807, 2.05) is 30.3 Å². The molecule has 4 rings (SSSR count). The highest BCUT2D eigenvalue weighted by Gasteiger charge is 2.37. The van der Waals surface area contributed by atoms with E-state index in [-0.39, 0.29) is 11.7 Å². The van der Waals surface area contributed by atoms with Crippen LogP contribution in [-0.4, -0.2) is 36.9 Å². The number of carbonyl (C=O) groups excluding carboxylic acids is 1. The number of ketones is 1. The summed E-state index contributed by atoms with van der Waals surface area (Å²) < 4.78 is 5.43. The molecule has 1 saturated carbocycles. The van der Waals surface area contributed by atoms with Crippen LogP contribution in [0, 0.1) is 23.2 Å². The first kappa shape index (κ1) is 19.9. The molecule has 0 bridgehead atoms. The third-order valence-corrected chi connectivity index (χ3v) is 7.09. The number of Topliss-reactive ketones (excluding diaryl/α,β-unsaturated/α-hetero) is 1. The second-order valence-corrected chi connectivity index (χ2v) is 8.52. The molecule has 2 fully saturated rings. The Kier molecular flexibility index (Phi) is 5.87. The highest BCUT2D eigenvalue weighted by molar-refractivity contribution is 6.02. The van der Waals surface area contributed by atoms with Gasteiger partial charge in [-0.3, -0.25) is 9.69 Å². The molecule has 152 valence electrons. The zero-order chi connectivity index (χ0) is 20.4. The summed E-state index contributed by atoms with van der Waals surface area (Å²) in [5, 5.41) is 11.2. The van der Waals surface area contributed by atoms with Gasteiger partial charge in [0.05, 0.1) is 19.6 Å². The van der Waals surface area contributed by atoms with Gasteiger partial charge in [-0.05, 0) is 54.6 Å². The molecule has 29 heavy (non-hydrogen) atoms. The first-order valence-electron chi connectivity index (χ1n) is 10.9. The van der Waals surface area contributed by atoms with E-state index in [4.69, 9.17) is 4.74 Å². The van der Waals surface area contributed by atoms with Crippen molar-refractivity contribution in [3.8, 4) is 11.8 Å². The first-order valence-corrected chi connectivity index (χ1v) is 10.9. The Morgan fingerprint density at radius 2 is 2.07 bits per heavy atom. The Morgan fingerprint density at radius 1 is 1.24 bits per heavy atom. The molecule has 0 radical (unpaired) electrons. The number of hydrogen-bond acceptors (Lipinski definition) is 4. The van der Waals surface area contributed by atoms with E-state index in [0.717, 1.165) is 53.6 Å². The Labute approximate surface area is 173 Å². The lowest BCUT2D eigenvalue weighted by Crippen LogP contribution is -2.50. The van der Waals surface area contributed by atoms with E-state index in [1.54, 1.807) is 7.11 Å². The Balaban J connectivity index is 1.64. The van der Waals surface area contributed by atoms with Gasteiger partial charge >= 0.3 is 0 Å². The smallest absolute Gasteiger partial charge is 0.167 e. The van der Waals surface area contributed by atoms with Crippen LogP contribution in [0.5, 0.6) is 5.75 Å². The van der Waals surface area contributed by atoms with Crippen LogP contribution < -0.4 is 4.74 Å². The quantitative estimate of drug-likeness (QED) is 0.652. The van der Waals surface area contributed by atoms with Crippen LogP contribution in [0.2, 0.25) is 0 Å². The molecule has 1 heterocycles. The van der Waals surface area contributed by atoms with E-state index >= 15 is 0 Å². The predicted octanol–water partition coefficient (Wildman–Crippen LogP) is 5.00. The summed E-state index contributed by atoms with van der Waals surface area (Å²) in [5.41, 5.74) is 1.69. The molecule has 1 unspecified atom stereocenters. The van der Waals surface area contributed by atoms with Gasteiger partial charge in [-0.15, -0.1) is 0 Å². The van der Waals surface area contributed by atoms with Gasteiger partial charge in [-0.25, -0.2) is 0 Å². The fourth-order valence-electron chi connectivity index (χ4n) is 5.09. The Morgan fingerprint density at radius 3 is 2.72 bits per heavy atom. The van der Waals surface area contributed by atoms with Crippen LogP contribution in [0.25, 0.3) is 10.8 Å². The van der Waals surface area contributed by atoms with Crippen LogP contribution in [0.1, 0.15) is 54.9 Å². The van der Waals surface area contributed by atoms with E-state index in [9.17, 15) is 10.1 Å². The van der Waals surface area contributed by atoms with Gasteiger partial charge in [-0.1, -0.05) is 38.0 Å². The number of methoxy groups -OCH3 is 1. The minimum absolute atomic E-state index is 0.0867. The topological polar surface area (TPSA) is 53.3 Å². The molecular formula is C25H30N2O2. The van der Waals surface area contributed by atoms with Gasteiger partial charge in [0.1, 0.15) is 5.75 Å². The summed E-state index contributed by atoms with van der Waals surface area (Å²) in [7, 11) is 1.63. The van der Waals surface area contributed by atoms with Crippen LogP contribution in [0.4, 0.5) is 0 Å². The molecule has 0 spiro atoms. The molecule has 0 N–H and O–H groups in total. The third kappa shape index (κ3) is 3.76. The van der Waals surface area contributed by atoms with Crippen LogP contribution >= 0.6 is 0 Å². The SMILES string of the molecule is CCC1CCN(C2CCC2)C[C@@H]1C(=O)c1ccc2c(CC#N)c(OC)ccc2c1. The van der Waals surface area contributed by atoms with Crippen molar-refractivity contribution in [2.75, 3.05) is 20.2 Å². The number of ether oxygens (including phenoxy) is 1. The molecule has 2 aromatic carbocycles. The fraction of sp³-hybridized carbons (Fsp3) is 0.520. The number of fused-ring (bicyclic) bond motifs is 1. The zero-order valence-corrected chi connectivity index (χ0v) is 17.5. The van der Waals surface area contributed by atoms with Crippen molar-refractivity contribution in [2.45, 2.75) is 51.5 Å². The van der Waals surface area contributed by atoms with Gasteiger partial charge in [0.25, 0.3) is 0 Å². The van der Waals surface area contributed by atoms with Gasteiger partial charge in [-0.2, -0.15) is 5.26 Å². The van der Waals surface area contributed by atoms with Gasteiger partial charge in [0.2, 0.25) is 0 Å². The number of hydrogen-bond donors (Lipinski definition) is 0. The van der Waals surface area contributed by atoms with Crippen LogP contribution in [-0.2, 0) is 6.42 Å². The second-order valence-electron chi connectivity index (χ2n) is 8.52. The maximum absolute atomic E-state index is 13.5. The summed E-state index contributed by atoms with van der Waals surface area (Å²) >= 11 is 0. The molecule has 4 nitrogen and oxygen atoms in total. The normalized spacial score (nSPS) is 22.8. The number of piperidine rings is 1. The van der Waals surface area contributed by atoms with Gasteiger partial charge < -0.3 is 4.74 Å². The average molecular weight is 391 g/mol. The van der Waals surface area contributed by atoms with Crippen molar-refractivity contribution >= 4 is 16.6 Å². The average Bonchev–Trinajstić information content (AvgIpc) is 2.72. The second kappa shape index (κ2) is 8.55. The molecule has 1 aliphatic heterocycles. The maximum Gasteiger partial charge on any atom is 0.167 e. The molecule has 1 saturated heterocycles. The molecule has 0 amide bonds. The fourth-order valence-corrected chi connectivity index (χ4v) is 5.09. The minimum Gasteiger partial charge on any atom is -0.496 e. The largest absolute Gasteiger partial charge is 0.496 e. The molecule has 2 aromatic rings. The molecule has 2 aliphatic rings. The molecule has 1 aliphatic carbocycles. The zero-order valence-electron chi connectivity index (χ0n) is 17.5.